The van der Waals surface area contributed by atoms with Gasteiger partial charge in [-0.2, -0.15) is 0 Å². The SMILES string of the molecule is CCNCc1c(F)cccc1N(C)c1cc(C)cc(C)c1. The van der Waals surface area contributed by atoms with Gasteiger partial charge in [0.15, 0.2) is 0 Å². The third kappa shape index (κ3) is 3.61. The summed E-state index contributed by atoms with van der Waals surface area (Å²) in [7, 11) is 1.98. The van der Waals surface area contributed by atoms with Gasteiger partial charge in [-0.15, -0.1) is 0 Å². The molecule has 2 nitrogen and oxygen atoms in total. The highest BCUT2D eigenvalue weighted by atomic mass is 19.1. The van der Waals surface area contributed by atoms with Crippen LogP contribution in [0, 0.1) is 19.7 Å². The van der Waals surface area contributed by atoms with Crippen LogP contribution in [0.4, 0.5) is 15.8 Å². The van der Waals surface area contributed by atoms with E-state index >= 15 is 0 Å². The summed E-state index contributed by atoms with van der Waals surface area (Å²) in [5.41, 5.74) is 5.11. The molecule has 0 saturated carbocycles. The van der Waals surface area contributed by atoms with Crippen molar-refractivity contribution in [2.45, 2.75) is 27.3 Å². The molecule has 0 fully saturated rings. The Morgan fingerprint density at radius 1 is 1.10 bits per heavy atom. The molecule has 0 spiro atoms. The molecule has 0 heterocycles. The van der Waals surface area contributed by atoms with Crippen molar-refractivity contribution in [2.75, 3.05) is 18.5 Å². The van der Waals surface area contributed by atoms with Crippen molar-refractivity contribution in [3.63, 3.8) is 0 Å². The van der Waals surface area contributed by atoms with Crippen molar-refractivity contribution in [2.24, 2.45) is 0 Å². The van der Waals surface area contributed by atoms with Crippen LogP contribution >= 0.6 is 0 Å². The third-order valence-corrected chi connectivity index (χ3v) is 3.60. The van der Waals surface area contributed by atoms with Gasteiger partial charge in [-0.05, 0) is 55.8 Å². The van der Waals surface area contributed by atoms with Gasteiger partial charge in [0.25, 0.3) is 0 Å². The van der Waals surface area contributed by atoms with Crippen LogP contribution < -0.4 is 10.2 Å². The molecule has 1 N–H and O–H groups in total. The molecule has 21 heavy (non-hydrogen) atoms. The maximum absolute atomic E-state index is 14.1. The van der Waals surface area contributed by atoms with E-state index in [9.17, 15) is 4.39 Å². The number of rotatable bonds is 5. The van der Waals surface area contributed by atoms with E-state index < -0.39 is 0 Å². The van der Waals surface area contributed by atoms with E-state index in [2.05, 4.69) is 42.3 Å². The Morgan fingerprint density at radius 3 is 2.38 bits per heavy atom. The molecule has 0 atom stereocenters. The number of nitrogens with one attached hydrogen (secondary N) is 1. The Bertz CT molecular complexity index is 602. The molecule has 0 aliphatic heterocycles. The Balaban J connectivity index is 2.42. The summed E-state index contributed by atoms with van der Waals surface area (Å²) in [5.74, 6) is -0.162. The predicted molar refractivity (Wildman–Crippen MR) is 87.8 cm³/mol. The van der Waals surface area contributed by atoms with Crippen LogP contribution in [0.5, 0.6) is 0 Å². The maximum Gasteiger partial charge on any atom is 0.129 e. The van der Waals surface area contributed by atoms with Crippen molar-refractivity contribution in [1.82, 2.24) is 5.32 Å². The summed E-state index contributed by atoms with van der Waals surface area (Å²) in [5, 5.41) is 3.21. The largest absolute Gasteiger partial charge is 0.344 e. The first-order valence-corrected chi connectivity index (χ1v) is 7.33. The van der Waals surface area contributed by atoms with Gasteiger partial charge in [-0.1, -0.05) is 19.1 Å². The lowest BCUT2D eigenvalue weighted by Crippen LogP contribution is -2.18. The molecule has 0 aliphatic carbocycles. The van der Waals surface area contributed by atoms with Crippen molar-refractivity contribution in [3.05, 3.63) is 58.9 Å². The molecule has 0 bridgehead atoms. The molecule has 3 heteroatoms. The average Bonchev–Trinajstić information content (AvgIpc) is 2.44. The van der Waals surface area contributed by atoms with Crippen LogP contribution in [0.2, 0.25) is 0 Å². The number of hydrogen-bond acceptors (Lipinski definition) is 2. The van der Waals surface area contributed by atoms with E-state index in [-0.39, 0.29) is 5.82 Å². The van der Waals surface area contributed by atoms with Gasteiger partial charge >= 0.3 is 0 Å². The average molecular weight is 286 g/mol. The Hall–Kier alpha value is -1.87. The number of aryl methyl sites for hydroxylation is 2. The first-order valence-electron chi connectivity index (χ1n) is 7.33. The monoisotopic (exact) mass is 286 g/mol. The second kappa shape index (κ2) is 6.72. The highest BCUT2D eigenvalue weighted by Crippen LogP contribution is 2.29. The van der Waals surface area contributed by atoms with Crippen LogP contribution in [-0.4, -0.2) is 13.6 Å². The molecule has 2 aromatic carbocycles. The van der Waals surface area contributed by atoms with Crippen LogP contribution in [0.25, 0.3) is 0 Å². The van der Waals surface area contributed by atoms with Gasteiger partial charge in [0.05, 0.1) is 0 Å². The molecule has 0 unspecified atom stereocenters. The molecule has 0 aromatic heterocycles. The van der Waals surface area contributed by atoms with Crippen LogP contribution in [-0.2, 0) is 6.54 Å². The van der Waals surface area contributed by atoms with E-state index in [4.69, 9.17) is 0 Å². The molecule has 2 aromatic rings. The van der Waals surface area contributed by atoms with Gasteiger partial charge in [-0.25, -0.2) is 4.39 Å². The fourth-order valence-electron chi connectivity index (χ4n) is 2.57. The van der Waals surface area contributed by atoms with Crippen molar-refractivity contribution >= 4 is 11.4 Å². The van der Waals surface area contributed by atoms with Gasteiger partial charge in [0.1, 0.15) is 5.82 Å². The minimum Gasteiger partial charge on any atom is -0.344 e. The third-order valence-electron chi connectivity index (χ3n) is 3.60. The minimum absolute atomic E-state index is 0.162. The minimum atomic E-state index is -0.162. The van der Waals surface area contributed by atoms with Gasteiger partial charge in [0.2, 0.25) is 0 Å². The fraction of sp³-hybridized carbons (Fsp3) is 0.333. The van der Waals surface area contributed by atoms with Gasteiger partial charge in [-0.3, -0.25) is 0 Å². The fourth-order valence-corrected chi connectivity index (χ4v) is 2.57. The Kier molecular flexibility index (Phi) is 4.97. The highest BCUT2D eigenvalue weighted by molar-refractivity contribution is 5.67. The molecular weight excluding hydrogens is 263 g/mol. The number of nitrogens with zero attached hydrogens (tertiary/aromatic N) is 1. The highest BCUT2D eigenvalue weighted by Gasteiger charge is 2.13. The summed E-state index contributed by atoms with van der Waals surface area (Å²) < 4.78 is 14.1. The quantitative estimate of drug-likeness (QED) is 0.880. The number of halogens is 1. The summed E-state index contributed by atoms with van der Waals surface area (Å²) in [6.45, 7) is 7.54. The summed E-state index contributed by atoms with van der Waals surface area (Å²) >= 11 is 0. The van der Waals surface area contributed by atoms with Crippen molar-refractivity contribution < 1.29 is 4.39 Å². The van der Waals surface area contributed by atoms with E-state index in [1.165, 1.54) is 17.2 Å². The normalized spacial score (nSPS) is 10.7. The van der Waals surface area contributed by atoms with Crippen molar-refractivity contribution in [1.29, 1.82) is 0 Å². The number of anilines is 2. The number of hydrogen-bond donors (Lipinski definition) is 1. The lowest BCUT2D eigenvalue weighted by atomic mass is 10.1. The lowest BCUT2D eigenvalue weighted by Gasteiger charge is -2.24. The van der Waals surface area contributed by atoms with E-state index in [0.29, 0.717) is 12.1 Å². The zero-order chi connectivity index (χ0) is 15.4. The van der Waals surface area contributed by atoms with E-state index in [1.54, 1.807) is 6.07 Å². The molecule has 0 saturated heterocycles. The van der Waals surface area contributed by atoms with Gasteiger partial charge < -0.3 is 10.2 Å². The van der Waals surface area contributed by atoms with Crippen LogP contribution in [0.15, 0.2) is 36.4 Å². The second-order valence-corrected chi connectivity index (χ2v) is 5.42. The number of benzene rings is 2. The first-order chi connectivity index (χ1) is 10.0. The van der Waals surface area contributed by atoms with Crippen molar-refractivity contribution in [3.8, 4) is 0 Å². The zero-order valence-corrected chi connectivity index (χ0v) is 13.2. The zero-order valence-electron chi connectivity index (χ0n) is 13.2. The summed E-state index contributed by atoms with van der Waals surface area (Å²) in [6.07, 6.45) is 0. The summed E-state index contributed by atoms with van der Waals surface area (Å²) in [4.78, 5) is 2.05. The maximum atomic E-state index is 14.1. The van der Waals surface area contributed by atoms with E-state index in [1.807, 2.05) is 20.0 Å². The summed E-state index contributed by atoms with van der Waals surface area (Å²) in [6, 6.07) is 11.6. The molecule has 0 radical (unpaired) electrons. The van der Waals surface area contributed by atoms with Crippen LogP contribution in [0.3, 0.4) is 0 Å². The standard InChI is InChI=1S/C18H23FN2/c1-5-20-12-16-17(19)7-6-8-18(16)21(4)15-10-13(2)9-14(3)11-15/h6-11,20H,5,12H2,1-4H3. The molecular formula is C18H23FN2. The predicted octanol–water partition coefficient (Wildman–Crippen LogP) is 4.32. The Morgan fingerprint density at radius 2 is 1.76 bits per heavy atom. The first kappa shape index (κ1) is 15.5. The molecule has 0 aliphatic rings. The lowest BCUT2D eigenvalue weighted by molar-refractivity contribution is 0.593. The smallest absolute Gasteiger partial charge is 0.129 e. The second-order valence-electron chi connectivity index (χ2n) is 5.42. The molecule has 0 amide bonds. The topological polar surface area (TPSA) is 15.3 Å². The van der Waals surface area contributed by atoms with Gasteiger partial charge in [0, 0.05) is 30.5 Å². The Labute approximate surface area is 126 Å². The molecule has 2 rings (SSSR count). The van der Waals surface area contributed by atoms with Crippen LogP contribution in [0.1, 0.15) is 23.6 Å². The molecule has 112 valence electrons. The van der Waals surface area contributed by atoms with E-state index in [0.717, 1.165) is 17.9 Å².